The van der Waals surface area contributed by atoms with Crippen LogP contribution in [0.4, 0.5) is 0 Å². The fourth-order valence-corrected chi connectivity index (χ4v) is 4.13. The number of hydrogen-bond donors (Lipinski definition) is 1. The molecule has 124 valence electrons. The van der Waals surface area contributed by atoms with Gasteiger partial charge < -0.3 is 19.3 Å². The van der Waals surface area contributed by atoms with Crippen LogP contribution in [0.3, 0.4) is 0 Å². The van der Waals surface area contributed by atoms with Crippen LogP contribution in [0.15, 0.2) is 0 Å². The fraction of sp³-hybridized carbons (Fsp3) is 0.611. The molecule has 5 nitrogen and oxygen atoms in total. The van der Waals surface area contributed by atoms with E-state index in [4.69, 9.17) is 14.2 Å². The molecule has 2 aliphatic heterocycles. The number of ether oxygens (including phenoxy) is 3. The molecule has 23 heavy (non-hydrogen) atoms. The third-order valence-electron chi connectivity index (χ3n) is 5.27. The number of benzene rings is 1. The molecular weight excluding hydrogens is 296 g/mol. The molecule has 5 heteroatoms. The zero-order valence-electron chi connectivity index (χ0n) is 13.4. The Balaban J connectivity index is 1.95. The van der Waals surface area contributed by atoms with E-state index >= 15 is 0 Å². The largest absolute Gasteiger partial charge is 0.493 e. The van der Waals surface area contributed by atoms with Crippen molar-refractivity contribution in [3.05, 3.63) is 16.7 Å². The summed E-state index contributed by atoms with van der Waals surface area (Å²) in [6.45, 7) is 1.38. The second kappa shape index (κ2) is 5.32. The van der Waals surface area contributed by atoms with Crippen LogP contribution in [0, 0.1) is 0 Å². The van der Waals surface area contributed by atoms with Crippen LogP contribution in [0.5, 0.6) is 17.2 Å². The van der Waals surface area contributed by atoms with Crippen LogP contribution in [-0.4, -0.2) is 31.4 Å². The zero-order chi connectivity index (χ0) is 16.0. The molecule has 1 aromatic rings. The lowest BCUT2D eigenvalue weighted by atomic mass is 9.82. The third kappa shape index (κ3) is 2.25. The number of hydrogen-bond acceptors (Lipinski definition) is 4. The summed E-state index contributed by atoms with van der Waals surface area (Å²) >= 11 is 0. The maximum Gasteiger partial charge on any atom is 0.304 e. The molecule has 0 amide bonds. The number of carbonyl (C=O) groups is 1. The van der Waals surface area contributed by atoms with Gasteiger partial charge in [-0.2, -0.15) is 0 Å². The third-order valence-corrected chi connectivity index (χ3v) is 5.27. The van der Waals surface area contributed by atoms with Crippen LogP contribution in [0.1, 0.15) is 48.8 Å². The molecule has 1 aliphatic carbocycles. The number of carboxylic acid groups (broad SMARTS) is 1. The van der Waals surface area contributed by atoms with Crippen LogP contribution >= 0.6 is 0 Å². The van der Waals surface area contributed by atoms with Gasteiger partial charge in [-0.05, 0) is 38.5 Å². The molecule has 0 spiro atoms. The Morgan fingerprint density at radius 2 is 1.78 bits per heavy atom. The maximum atomic E-state index is 11.4. The first-order valence-electron chi connectivity index (χ1n) is 8.40. The second-order valence-electron chi connectivity index (χ2n) is 6.78. The van der Waals surface area contributed by atoms with Gasteiger partial charge in [0.25, 0.3) is 0 Å². The molecule has 0 saturated heterocycles. The summed E-state index contributed by atoms with van der Waals surface area (Å²) in [5.74, 6) is 1.77. The predicted molar refractivity (Wildman–Crippen MR) is 83.8 cm³/mol. The number of carboxylic acids is 1. The molecule has 1 aromatic carbocycles. The van der Waals surface area contributed by atoms with E-state index in [1.165, 1.54) is 0 Å². The van der Waals surface area contributed by atoms with Crippen molar-refractivity contribution in [3.8, 4) is 17.2 Å². The van der Waals surface area contributed by atoms with E-state index in [2.05, 4.69) is 0 Å². The lowest BCUT2D eigenvalue weighted by molar-refractivity contribution is -0.137. The van der Waals surface area contributed by atoms with E-state index in [0.29, 0.717) is 13.2 Å². The van der Waals surface area contributed by atoms with Gasteiger partial charge in [-0.3, -0.25) is 4.79 Å². The average molecular weight is 318 g/mol. The molecular formula is C18H22O5. The van der Waals surface area contributed by atoms with E-state index in [0.717, 1.165) is 72.5 Å². The summed E-state index contributed by atoms with van der Waals surface area (Å²) in [5, 5.41) is 9.36. The Hall–Kier alpha value is -1.91. The summed E-state index contributed by atoms with van der Waals surface area (Å²) in [4.78, 5) is 11.4. The summed E-state index contributed by atoms with van der Waals surface area (Å²) in [5.41, 5.74) is 3.01. The predicted octanol–water partition coefficient (Wildman–Crippen LogP) is 2.85. The SMILES string of the molecule is COc1c2c(c(C3(CC(=O)O)CC3)c3c1OCCC3)OCCC2. The highest BCUT2D eigenvalue weighted by molar-refractivity contribution is 5.73. The average Bonchev–Trinajstić information content (AvgIpc) is 3.31. The number of fused-ring (bicyclic) bond motifs is 2. The minimum atomic E-state index is -0.742. The van der Waals surface area contributed by atoms with Crippen molar-refractivity contribution >= 4 is 5.97 Å². The Labute approximate surface area is 135 Å². The Morgan fingerprint density at radius 3 is 2.39 bits per heavy atom. The smallest absolute Gasteiger partial charge is 0.304 e. The minimum Gasteiger partial charge on any atom is -0.493 e. The highest BCUT2D eigenvalue weighted by Gasteiger charge is 2.51. The van der Waals surface area contributed by atoms with Gasteiger partial charge in [0.05, 0.1) is 26.7 Å². The van der Waals surface area contributed by atoms with E-state index < -0.39 is 5.97 Å². The first kappa shape index (κ1) is 14.7. The number of methoxy groups -OCH3 is 1. The first-order valence-corrected chi connectivity index (χ1v) is 8.40. The lowest BCUT2D eigenvalue weighted by Gasteiger charge is -2.32. The van der Waals surface area contributed by atoms with Crippen molar-refractivity contribution in [2.75, 3.05) is 20.3 Å². The maximum absolute atomic E-state index is 11.4. The Bertz CT molecular complexity index is 623. The molecule has 3 aliphatic rings. The Kier molecular flexibility index (Phi) is 3.39. The normalized spacial score (nSPS) is 20.6. The van der Waals surface area contributed by atoms with Crippen LogP contribution in [0.2, 0.25) is 0 Å². The van der Waals surface area contributed by atoms with Crippen LogP contribution < -0.4 is 14.2 Å². The molecule has 0 bridgehead atoms. The lowest BCUT2D eigenvalue weighted by Crippen LogP contribution is -2.24. The van der Waals surface area contributed by atoms with Crippen molar-refractivity contribution in [2.24, 2.45) is 0 Å². The molecule has 0 radical (unpaired) electrons. The van der Waals surface area contributed by atoms with E-state index in [-0.39, 0.29) is 11.8 Å². The van der Waals surface area contributed by atoms with Gasteiger partial charge in [0, 0.05) is 22.1 Å². The van der Waals surface area contributed by atoms with Gasteiger partial charge in [-0.25, -0.2) is 0 Å². The minimum absolute atomic E-state index is 0.168. The van der Waals surface area contributed by atoms with Crippen LogP contribution in [0.25, 0.3) is 0 Å². The van der Waals surface area contributed by atoms with Crippen molar-refractivity contribution in [3.63, 3.8) is 0 Å². The molecule has 2 heterocycles. The quantitative estimate of drug-likeness (QED) is 0.925. The second-order valence-corrected chi connectivity index (χ2v) is 6.78. The van der Waals surface area contributed by atoms with Gasteiger partial charge in [-0.1, -0.05) is 0 Å². The van der Waals surface area contributed by atoms with Crippen molar-refractivity contribution in [2.45, 2.75) is 50.4 Å². The van der Waals surface area contributed by atoms with E-state index in [1.54, 1.807) is 7.11 Å². The van der Waals surface area contributed by atoms with E-state index in [9.17, 15) is 9.90 Å². The molecule has 0 atom stereocenters. The van der Waals surface area contributed by atoms with Gasteiger partial charge in [0.1, 0.15) is 5.75 Å². The summed E-state index contributed by atoms with van der Waals surface area (Å²) in [6.07, 6.45) is 5.69. The van der Waals surface area contributed by atoms with Gasteiger partial charge in [0.2, 0.25) is 0 Å². The van der Waals surface area contributed by atoms with Gasteiger partial charge >= 0.3 is 5.97 Å². The van der Waals surface area contributed by atoms with Crippen molar-refractivity contribution in [1.82, 2.24) is 0 Å². The monoisotopic (exact) mass is 318 g/mol. The summed E-state index contributed by atoms with van der Waals surface area (Å²) < 4.78 is 17.7. The standard InChI is InChI=1S/C18H22O5/c1-21-16-12-5-3-8-22-15(12)14(11-4-2-9-23-17(11)16)18(6-7-18)10-13(19)20/h2-10H2,1H3,(H,19,20). The van der Waals surface area contributed by atoms with Crippen molar-refractivity contribution in [1.29, 1.82) is 0 Å². The molecule has 0 aromatic heterocycles. The molecule has 1 fully saturated rings. The fourth-order valence-electron chi connectivity index (χ4n) is 4.13. The number of aliphatic carboxylic acids is 1. The van der Waals surface area contributed by atoms with Gasteiger partial charge in [0.15, 0.2) is 11.5 Å². The Morgan fingerprint density at radius 1 is 1.13 bits per heavy atom. The number of rotatable bonds is 4. The zero-order valence-corrected chi connectivity index (χ0v) is 13.4. The highest BCUT2D eigenvalue weighted by Crippen LogP contribution is 2.60. The summed E-state index contributed by atoms with van der Waals surface area (Å²) in [7, 11) is 1.67. The van der Waals surface area contributed by atoms with Gasteiger partial charge in [-0.15, -0.1) is 0 Å². The molecule has 1 saturated carbocycles. The molecule has 1 N–H and O–H groups in total. The summed E-state index contributed by atoms with van der Waals surface area (Å²) in [6, 6.07) is 0. The van der Waals surface area contributed by atoms with E-state index in [1.807, 2.05) is 0 Å². The van der Waals surface area contributed by atoms with Crippen LogP contribution in [-0.2, 0) is 23.1 Å². The molecule has 0 unspecified atom stereocenters. The van der Waals surface area contributed by atoms with Crippen molar-refractivity contribution < 1.29 is 24.1 Å². The first-order chi connectivity index (χ1) is 11.2. The topological polar surface area (TPSA) is 65.0 Å². The highest BCUT2D eigenvalue weighted by atomic mass is 16.5. The molecule has 4 rings (SSSR count).